The predicted octanol–water partition coefficient (Wildman–Crippen LogP) is 1.66. The largest absolute Gasteiger partial charge is 0.465 e. The number of hydrogen-bond acceptors (Lipinski definition) is 3. The molecule has 0 bridgehead atoms. The monoisotopic (exact) mass is 247 g/mol. The van der Waals surface area contributed by atoms with Crippen molar-refractivity contribution in [1.82, 2.24) is 9.88 Å². The van der Waals surface area contributed by atoms with Crippen molar-refractivity contribution in [2.24, 2.45) is 5.92 Å². The quantitative estimate of drug-likeness (QED) is 0.820. The molecule has 0 spiro atoms. The molecule has 0 aliphatic carbocycles. The highest BCUT2D eigenvalue weighted by Gasteiger charge is 2.41. The Labute approximate surface area is 106 Å². The lowest BCUT2D eigenvalue weighted by Gasteiger charge is -2.34. The SMILES string of the molecule is O=C(O)N1CCC[C@@H]2CN(c3cccnc3)C[C@@H]21. The van der Waals surface area contributed by atoms with Gasteiger partial charge in [0.2, 0.25) is 0 Å². The van der Waals surface area contributed by atoms with E-state index in [-0.39, 0.29) is 6.04 Å². The van der Waals surface area contributed by atoms with E-state index in [0.717, 1.165) is 31.6 Å². The summed E-state index contributed by atoms with van der Waals surface area (Å²) in [6, 6.07) is 4.11. The van der Waals surface area contributed by atoms with Crippen molar-refractivity contribution in [2.45, 2.75) is 18.9 Å². The first kappa shape index (κ1) is 11.3. The Morgan fingerprint density at radius 2 is 2.33 bits per heavy atom. The lowest BCUT2D eigenvalue weighted by molar-refractivity contribution is 0.0965. The van der Waals surface area contributed by atoms with Gasteiger partial charge in [0.25, 0.3) is 0 Å². The van der Waals surface area contributed by atoms with Gasteiger partial charge in [-0.3, -0.25) is 4.98 Å². The number of amides is 1. The van der Waals surface area contributed by atoms with E-state index in [1.165, 1.54) is 0 Å². The van der Waals surface area contributed by atoms with Gasteiger partial charge in [-0.15, -0.1) is 0 Å². The van der Waals surface area contributed by atoms with E-state index in [4.69, 9.17) is 0 Å². The molecule has 2 aliphatic rings. The van der Waals surface area contributed by atoms with Crippen LogP contribution in [0.25, 0.3) is 0 Å². The Balaban J connectivity index is 1.78. The van der Waals surface area contributed by atoms with Crippen LogP contribution in [0, 0.1) is 5.92 Å². The minimum atomic E-state index is -0.780. The molecule has 0 unspecified atom stereocenters. The topological polar surface area (TPSA) is 56.7 Å². The molecule has 1 aromatic rings. The van der Waals surface area contributed by atoms with Gasteiger partial charge in [-0.25, -0.2) is 4.79 Å². The maximum Gasteiger partial charge on any atom is 0.407 e. The summed E-state index contributed by atoms with van der Waals surface area (Å²) in [5.41, 5.74) is 1.09. The molecular weight excluding hydrogens is 230 g/mol. The highest BCUT2D eigenvalue weighted by Crippen LogP contribution is 2.32. The third kappa shape index (κ3) is 1.89. The van der Waals surface area contributed by atoms with Crippen molar-refractivity contribution in [3.05, 3.63) is 24.5 Å². The summed E-state index contributed by atoms with van der Waals surface area (Å²) in [4.78, 5) is 19.2. The highest BCUT2D eigenvalue weighted by molar-refractivity contribution is 5.66. The number of likely N-dealkylation sites (tertiary alicyclic amines) is 1. The number of carbonyl (C=O) groups is 1. The fourth-order valence-electron chi connectivity index (χ4n) is 3.17. The molecule has 5 heteroatoms. The maximum absolute atomic E-state index is 11.2. The van der Waals surface area contributed by atoms with Gasteiger partial charge in [-0.1, -0.05) is 0 Å². The van der Waals surface area contributed by atoms with Gasteiger partial charge in [0.15, 0.2) is 0 Å². The number of carboxylic acid groups (broad SMARTS) is 1. The van der Waals surface area contributed by atoms with Gasteiger partial charge in [0.1, 0.15) is 0 Å². The average Bonchev–Trinajstić information content (AvgIpc) is 2.83. The number of nitrogens with zero attached hydrogens (tertiary/aromatic N) is 3. The van der Waals surface area contributed by atoms with Crippen LogP contribution in [-0.4, -0.2) is 46.8 Å². The second kappa shape index (κ2) is 4.48. The molecular formula is C13H17N3O2. The summed E-state index contributed by atoms with van der Waals surface area (Å²) in [6.07, 6.45) is 4.94. The van der Waals surface area contributed by atoms with Gasteiger partial charge in [0, 0.05) is 25.8 Å². The first-order valence-electron chi connectivity index (χ1n) is 6.40. The number of aromatic nitrogens is 1. The number of hydrogen-bond donors (Lipinski definition) is 1. The van der Waals surface area contributed by atoms with Gasteiger partial charge in [-0.2, -0.15) is 0 Å². The van der Waals surface area contributed by atoms with E-state index in [0.29, 0.717) is 12.5 Å². The third-order valence-electron chi connectivity index (χ3n) is 4.04. The number of piperidine rings is 1. The van der Waals surface area contributed by atoms with Crippen molar-refractivity contribution in [1.29, 1.82) is 0 Å². The van der Waals surface area contributed by atoms with E-state index >= 15 is 0 Å². The second-order valence-corrected chi connectivity index (χ2v) is 5.06. The summed E-state index contributed by atoms with van der Waals surface area (Å²) in [6.45, 7) is 2.42. The molecule has 18 heavy (non-hydrogen) atoms. The van der Waals surface area contributed by atoms with Gasteiger partial charge in [-0.05, 0) is 30.9 Å². The zero-order valence-corrected chi connectivity index (χ0v) is 10.2. The molecule has 2 saturated heterocycles. The molecule has 2 aliphatic heterocycles. The molecule has 5 nitrogen and oxygen atoms in total. The zero-order valence-electron chi connectivity index (χ0n) is 10.2. The summed E-state index contributed by atoms with van der Waals surface area (Å²) < 4.78 is 0. The first-order valence-corrected chi connectivity index (χ1v) is 6.40. The number of pyridine rings is 1. The normalized spacial score (nSPS) is 27.1. The van der Waals surface area contributed by atoms with Gasteiger partial charge >= 0.3 is 6.09 Å². The van der Waals surface area contributed by atoms with Crippen LogP contribution < -0.4 is 4.90 Å². The first-order chi connectivity index (χ1) is 8.75. The zero-order chi connectivity index (χ0) is 12.5. The van der Waals surface area contributed by atoms with Crippen LogP contribution in [-0.2, 0) is 0 Å². The molecule has 1 aromatic heterocycles. The van der Waals surface area contributed by atoms with Crippen molar-refractivity contribution in [3.8, 4) is 0 Å². The van der Waals surface area contributed by atoms with Crippen molar-refractivity contribution in [2.75, 3.05) is 24.5 Å². The number of anilines is 1. The Morgan fingerprint density at radius 1 is 1.44 bits per heavy atom. The predicted molar refractivity (Wildman–Crippen MR) is 67.7 cm³/mol. The Hall–Kier alpha value is -1.78. The van der Waals surface area contributed by atoms with Crippen LogP contribution in [0.15, 0.2) is 24.5 Å². The molecule has 0 radical (unpaired) electrons. The molecule has 3 rings (SSSR count). The van der Waals surface area contributed by atoms with Crippen LogP contribution in [0.3, 0.4) is 0 Å². The minimum Gasteiger partial charge on any atom is -0.465 e. The minimum absolute atomic E-state index is 0.149. The van der Waals surface area contributed by atoms with E-state index in [1.54, 1.807) is 11.1 Å². The van der Waals surface area contributed by atoms with Crippen molar-refractivity contribution >= 4 is 11.8 Å². The van der Waals surface area contributed by atoms with Crippen molar-refractivity contribution in [3.63, 3.8) is 0 Å². The number of fused-ring (bicyclic) bond motifs is 1. The third-order valence-corrected chi connectivity index (χ3v) is 4.04. The molecule has 0 aromatic carbocycles. The standard InChI is InChI=1S/C13H17N3O2/c17-13(18)16-6-2-3-10-8-15(9-12(10)16)11-4-1-5-14-7-11/h1,4-5,7,10,12H,2-3,6,8-9H2,(H,17,18)/t10-,12+/m1/s1. The molecule has 3 heterocycles. The van der Waals surface area contributed by atoms with Crippen LogP contribution in [0.2, 0.25) is 0 Å². The lowest BCUT2D eigenvalue weighted by Crippen LogP contribution is -2.47. The fraction of sp³-hybridized carbons (Fsp3) is 0.538. The highest BCUT2D eigenvalue weighted by atomic mass is 16.4. The van der Waals surface area contributed by atoms with E-state index < -0.39 is 6.09 Å². The lowest BCUT2D eigenvalue weighted by atomic mass is 9.92. The smallest absolute Gasteiger partial charge is 0.407 e. The Kier molecular flexibility index (Phi) is 2.81. The van der Waals surface area contributed by atoms with Crippen LogP contribution >= 0.6 is 0 Å². The second-order valence-electron chi connectivity index (χ2n) is 5.06. The molecule has 2 fully saturated rings. The van der Waals surface area contributed by atoms with E-state index in [1.807, 2.05) is 18.3 Å². The van der Waals surface area contributed by atoms with Crippen LogP contribution in [0.4, 0.5) is 10.5 Å². The maximum atomic E-state index is 11.2. The Morgan fingerprint density at radius 3 is 3.06 bits per heavy atom. The summed E-state index contributed by atoms with van der Waals surface area (Å²) in [7, 11) is 0. The van der Waals surface area contributed by atoms with Crippen LogP contribution in [0.5, 0.6) is 0 Å². The summed E-state index contributed by atoms with van der Waals surface area (Å²) in [5.74, 6) is 0.468. The summed E-state index contributed by atoms with van der Waals surface area (Å²) >= 11 is 0. The molecule has 1 N–H and O–H groups in total. The van der Waals surface area contributed by atoms with Crippen LogP contribution in [0.1, 0.15) is 12.8 Å². The summed E-state index contributed by atoms with van der Waals surface area (Å²) in [5, 5.41) is 9.24. The number of rotatable bonds is 1. The van der Waals surface area contributed by atoms with Gasteiger partial charge in [0.05, 0.1) is 17.9 Å². The van der Waals surface area contributed by atoms with E-state index in [2.05, 4.69) is 9.88 Å². The molecule has 0 saturated carbocycles. The average molecular weight is 247 g/mol. The fourth-order valence-corrected chi connectivity index (χ4v) is 3.17. The Bertz CT molecular complexity index is 437. The van der Waals surface area contributed by atoms with Crippen molar-refractivity contribution < 1.29 is 9.90 Å². The van der Waals surface area contributed by atoms with Gasteiger partial charge < -0.3 is 14.9 Å². The molecule has 96 valence electrons. The molecule has 2 atom stereocenters. The van der Waals surface area contributed by atoms with E-state index in [9.17, 15) is 9.90 Å². The molecule has 1 amide bonds.